The summed E-state index contributed by atoms with van der Waals surface area (Å²) in [7, 11) is 0. The van der Waals surface area contributed by atoms with Crippen LogP contribution in [0.3, 0.4) is 0 Å². The zero-order valence-electron chi connectivity index (χ0n) is 16.6. The van der Waals surface area contributed by atoms with Crippen LogP contribution in [0.5, 0.6) is 0 Å². The van der Waals surface area contributed by atoms with Crippen LogP contribution in [0.2, 0.25) is 0 Å². The second-order valence-electron chi connectivity index (χ2n) is 8.36. The number of alkyl halides is 3. The molecule has 2 aliphatic rings. The smallest absolute Gasteiger partial charge is 0.366 e. The van der Waals surface area contributed by atoms with Gasteiger partial charge in [-0.3, -0.25) is 9.89 Å². The highest BCUT2D eigenvalue weighted by molar-refractivity contribution is 5.91. The third-order valence-corrected chi connectivity index (χ3v) is 5.86. The number of aromatic amines is 1. The molecule has 3 heterocycles. The minimum absolute atomic E-state index is 0.00424. The van der Waals surface area contributed by atoms with Crippen molar-refractivity contribution in [2.75, 3.05) is 11.9 Å². The van der Waals surface area contributed by atoms with Crippen molar-refractivity contribution in [1.29, 1.82) is 0 Å². The zero-order chi connectivity index (χ0) is 20.8. The van der Waals surface area contributed by atoms with Gasteiger partial charge < -0.3 is 10.2 Å². The monoisotopic (exact) mass is 409 g/mol. The lowest BCUT2D eigenvalue weighted by molar-refractivity contribution is -0.136. The molecular formula is C20H26F3N5O. The third-order valence-electron chi connectivity index (χ3n) is 5.86. The molecule has 1 amide bonds. The minimum Gasteiger partial charge on any atom is -0.366 e. The Bertz CT molecular complexity index is 901. The van der Waals surface area contributed by atoms with Crippen molar-refractivity contribution in [3.8, 4) is 0 Å². The summed E-state index contributed by atoms with van der Waals surface area (Å²) in [5.41, 5.74) is -0.388. The van der Waals surface area contributed by atoms with Crippen molar-refractivity contribution in [3.05, 3.63) is 17.3 Å². The Labute approximate surface area is 167 Å². The van der Waals surface area contributed by atoms with Gasteiger partial charge in [0.1, 0.15) is 0 Å². The predicted molar refractivity (Wildman–Crippen MR) is 103 cm³/mol. The van der Waals surface area contributed by atoms with Gasteiger partial charge in [-0.05, 0) is 45.6 Å². The number of carbonyl (C=O) groups is 1. The summed E-state index contributed by atoms with van der Waals surface area (Å²) < 4.78 is 41.7. The molecule has 1 aliphatic heterocycles. The lowest BCUT2D eigenvalue weighted by Crippen LogP contribution is -2.35. The fraction of sp³-hybridized carbons (Fsp3) is 0.650. The average Bonchev–Trinajstić information content (AvgIpc) is 3.40. The molecule has 0 radical (unpaired) electrons. The lowest BCUT2D eigenvalue weighted by Gasteiger charge is -2.27. The zero-order valence-corrected chi connectivity index (χ0v) is 16.6. The summed E-state index contributed by atoms with van der Waals surface area (Å²) in [6.07, 6.45) is 0.660. The Morgan fingerprint density at radius 1 is 1.24 bits per heavy atom. The van der Waals surface area contributed by atoms with E-state index in [0.29, 0.717) is 13.0 Å². The molecule has 2 fully saturated rings. The molecule has 2 N–H and O–H groups in total. The van der Waals surface area contributed by atoms with Gasteiger partial charge in [-0.1, -0.05) is 12.8 Å². The molecule has 1 saturated carbocycles. The Hall–Kier alpha value is -2.32. The first kappa shape index (κ1) is 20.0. The van der Waals surface area contributed by atoms with E-state index in [4.69, 9.17) is 0 Å². The molecule has 1 aliphatic carbocycles. The largest absolute Gasteiger partial charge is 0.417 e. The van der Waals surface area contributed by atoms with Gasteiger partial charge >= 0.3 is 6.18 Å². The number of fused-ring (bicyclic) bond motifs is 1. The van der Waals surface area contributed by atoms with Gasteiger partial charge in [0.05, 0.1) is 22.7 Å². The van der Waals surface area contributed by atoms with Crippen molar-refractivity contribution >= 4 is 22.8 Å². The Morgan fingerprint density at radius 2 is 1.97 bits per heavy atom. The molecule has 0 spiro atoms. The fourth-order valence-electron chi connectivity index (χ4n) is 4.57. The fourth-order valence-corrected chi connectivity index (χ4v) is 4.57. The number of pyridine rings is 1. The summed E-state index contributed by atoms with van der Waals surface area (Å²) in [6, 6.07) is 0.615. The molecule has 2 aromatic rings. The summed E-state index contributed by atoms with van der Waals surface area (Å²) in [5.74, 6) is 0.203. The minimum atomic E-state index is -4.55. The van der Waals surface area contributed by atoms with Gasteiger partial charge in [0, 0.05) is 18.5 Å². The Balaban J connectivity index is 1.74. The van der Waals surface area contributed by atoms with E-state index < -0.39 is 17.8 Å². The van der Waals surface area contributed by atoms with Gasteiger partial charge in [0.2, 0.25) is 5.91 Å². The van der Waals surface area contributed by atoms with E-state index in [9.17, 15) is 18.0 Å². The van der Waals surface area contributed by atoms with Crippen molar-refractivity contribution in [1.82, 2.24) is 20.1 Å². The van der Waals surface area contributed by atoms with E-state index >= 15 is 0 Å². The molecular weight excluding hydrogens is 383 g/mol. The quantitative estimate of drug-likeness (QED) is 0.771. The standard InChI is InChI=1S/C20H26F3N5O/c1-11(2)24-17-16-13(20(21,22)23)10-14(25-18(16)27-26-17)15-8-5-9-28(15)19(29)12-6-3-4-7-12/h10-12,15H,3-9H2,1-2H3,(H2,24,25,26,27)/t15-/m1/s1. The van der Waals surface area contributed by atoms with E-state index in [2.05, 4.69) is 20.5 Å². The van der Waals surface area contributed by atoms with E-state index in [1.165, 1.54) is 0 Å². The van der Waals surface area contributed by atoms with E-state index in [1.54, 1.807) is 4.90 Å². The van der Waals surface area contributed by atoms with Gasteiger partial charge in [0.15, 0.2) is 11.5 Å². The molecule has 1 saturated heterocycles. The topological polar surface area (TPSA) is 73.9 Å². The van der Waals surface area contributed by atoms with Gasteiger partial charge in [-0.25, -0.2) is 4.98 Å². The summed E-state index contributed by atoms with van der Waals surface area (Å²) in [5, 5.41) is 9.55. The van der Waals surface area contributed by atoms with E-state index in [-0.39, 0.29) is 40.4 Å². The normalized spacial score (nSPS) is 20.9. The van der Waals surface area contributed by atoms with Crippen LogP contribution in [-0.2, 0) is 11.0 Å². The first-order valence-corrected chi connectivity index (χ1v) is 10.3. The van der Waals surface area contributed by atoms with Crippen molar-refractivity contribution in [2.24, 2.45) is 5.92 Å². The van der Waals surface area contributed by atoms with Crippen molar-refractivity contribution in [3.63, 3.8) is 0 Å². The second kappa shape index (κ2) is 7.50. The molecule has 0 bridgehead atoms. The van der Waals surface area contributed by atoms with E-state index in [1.807, 2.05) is 13.8 Å². The highest BCUT2D eigenvalue weighted by atomic mass is 19.4. The molecule has 6 nitrogen and oxygen atoms in total. The number of carbonyl (C=O) groups excluding carboxylic acids is 1. The maximum atomic E-state index is 13.9. The number of hydrogen-bond donors (Lipinski definition) is 2. The summed E-state index contributed by atoms with van der Waals surface area (Å²) in [6.45, 7) is 4.24. The molecule has 0 aromatic carbocycles. The summed E-state index contributed by atoms with van der Waals surface area (Å²) >= 11 is 0. The number of anilines is 1. The highest BCUT2D eigenvalue weighted by Gasteiger charge is 2.39. The molecule has 1 atom stereocenters. The van der Waals surface area contributed by atoms with Gasteiger partial charge in [0.25, 0.3) is 0 Å². The van der Waals surface area contributed by atoms with Crippen molar-refractivity contribution < 1.29 is 18.0 Å². The van der Waals surface area contributed by atoms with Gasteiger partial charge in [-0.2, -0.15) is 18.3 Å². The molecule has 0 unspecified atom stereocenters. The summed E-state index contributed by atoms with van der Waals surface area (Å²) in [4.78, 5) is 19.2. The third kappa shape index (κ3) is 3.79. The lowest BCUT2D eigenvalue weighted by atomic mass is 10.0. The first-order valence-electron chi connectivity index (χ1n) is 10.3. The molecule has 4 rings (SSSR count). The predicted octanol–water partition coefficient (Wildman–Crippen LogP) is 4.65. The number of hydrogen-bond acceptors (Lipinski definition) is 4. The number of amides is 1. The van der Waals surface area contributed by atoms with Crippen LogP contribution in [0.25, 0.3) is 11.0 Å². The number of likely N-dealkylation sites (tertiary alicyclic amines) is 1. The van der Waals surface area contributed by atoms with E-state index in [0.717, 1.165) is 38.2 Å². The van der Waals surface area contributed by atoms with Crippen LogP contribution in [0.4, 0.5) is 19.0 Å². The number of nitrogens with one attached hydrogen (secondary N) is 2. The van der Waals surface area contributed by atoms with Crippen LogP contribution in [0, 0.1) is 5.92 Å². The molecule has 29 heavy (non-hydrogen) atoms. The maximum Gasteiger partial charge on any atom is 0.417 e. The van der Waals surface area contributed by atoms with Crippen LogP contribution >= 0.6 is 0 Å². The maximum absolute atomic E-state index is 13.9. The molecule has 158 valence electrons. The number of nitrogens with zero attached hydrogens (tertiary/aromatic N) is 3. The number of aromatic nitrogens is 3. The molecule has 9 heteroatoms. The Kier molecular flexibility index (Phi) is 5.16. The van der Waals surface area contributed by atoms with Gasteiger partial charge in [-0.15, -0.1) is 0 Å². The molecule has 2 aromatic heterocycles. The van der Waals surface area contributed by atoms with Crippen LogP contribution < -0.4 is 5.32 Å². The average molecular weight is 409 g/mol. The highest BCUT2D eigenvalue weighted by Crippen LogP contribution is 2.41. The number of halogens is 3. The van der Waals surface area contributed by atoms with Crippen molar-refractivity contribution in [2.45, 2.75) is 70.6 Å². The van der Waals surface area contributed by atoms with Crippen LogP contribution in [0.1, 0.15) is 69.7 Å². The van der Waals surface area contributed by atoms with Crippen LogP contribution in [-0.4, -0.2) is 38.6 Å². The van der Waals surface area contributed by atoms with Crippen LogP contribution in [0.15, 0.2) is 6.07 Å². The first-order chi connectivity index (χ1) is 13.8. The second-order valence-corrected chi connectivity index (χ2v) is 8.36. The number of H-pyrrole nitrogens is 1. The SMILES string of the molecule is CC(C)Nc1n[nH]c2nc([C@H]3CCCN3C(=O)C3CCCC3)cc(C(F)(F)F)c12. The number of rotatable bonds is 4. The Morgan fingerprint density at radius 3 is 2.62 bits per heavy atom.